The van der Waals surface area contributed by atoms with Gasteiger partial charge in [0.25, 0.3) is 0 Å². The predicted molar refractivity (Wildman–Crippen MR) is 142 cm³/mol. The summed E-state index contributed by atoms with van der Waals surface area (Å²) in [7, 11) is 3.68. The molecule has 0 bridgehead atoms. The smallest absolute Gasteiger partial charge is 0.359 e. The van der Waals surface area contributed by atoms with Crippen molar-refractivity contribution in [1.82, 2.24) is 9.47 Å². The summed E-state index contributed by atoms with van der Waals surface area (Å²) in [5, 5.41) is 58.7. The molecule has 3 atom stereocenters. The average Bonchev–Trinajstić information content (AvgIpc) is 3.27. The quantitative estimate of drug-likeness (QED) is 0.133. The number of aromatic nitrogens is 2. The highest BCUT2D eigenvalue weighted by molar-refractivity contribution is 5.68. The van der Waals surface area contributed by atoms with E-state index in [0.717, 1.165) is 13.1 Å². The zero-order chi connectivity index (χ0) is 29.3. The fraction of sp³-hybridized carbons (Fsp3) is 0.846. The number of rotatable bonds is 12. The molecule has 2 saturated heterocycles. The molecule has 226 valence electrons. The van der Waals surface area contributed by atoms with Crippen LogP contribution in [0.2, 0.25) is 0 Å². The van der Waals surface area contributed by atoms with Gasteiger partial charge in [0.2, 0.25) is 6.33 Å². The van der Waals surface area contributed by atoms with E-state index >= 15 is 0 Å². The summed E-state index contributed by atoms with van der Waals surface area (Å²) in [5.41, 5.74) is 0. The minimum atomic E-state index is -0.822. The summed E-state index contributed by atoms with van der Waals surface area (Å²) in [6, 6.07) is 0. The third-order valence-corrected chi connectivity index (χ3v) is 8.05. The summed E-state index contributed by atoms with van der Waals surface area (Å²) in [4.78, 5) is 13.4. The second-order valence-corrected chi connectivity index (χ2v) is 11.9. The highest BCUT2D eigenvalue weighted by atomic mass is 16.6. The topological polar surface area (TPSA) is 150 Å². The molecule has 2 fully saturated rings. The number of carboxylic acid groups (broad SMARTS) is 1. The highest BCUT2D eigenvalue weighted by Crippen LogP contribution is 2.16. The van der Waals surface area contributed by atoms with Crippen molar-refractivity contribution in [2.24, 2.45) is 7.05 Å². The maximum absolute atomic E-state index is 11.3. The van der Waals surface area contributed by atoms with Gasteiger partial charge in [-0.25, -0.2) is 24.3 Å². The standard InChI is InChI=1S/C17H31N4O4.C9H22N2O3/c1-3-15(22)12-21(13-17(24)25)8-6-19(7-9-21)10-16(23)11-20-5-4-18(2)14-20;1-3-9(12)8-11(14)6-4-10(2,13)5-7-11/h4-5,14-16,22-23H,3,6-13H2,1-2H3;9,12-14H,3-8H2,1-2H3/q+1;+2/p+1. The molecular formula is C26H54N6O7+4. The maximum Gasteiger partial charge on any atom is 0.359 e. The van der Waals surface area contributed by atoms with Crippen molar-refractivity contribution in [2.45, 2.75) is 51.5 Å². The van der Waals surface area contributed by atoms with Crippen LogP contribution in [0.1, 0.15) is 26.7 Å². The van der Waals surface area contributed by atoms with Gasteiger partial charge in [-0.15, -0.1) is 0 Å². The van der Waals surface area contributed by atoms with E-state index < -0.39 is 24.3 Å². The van der Waals surface area contributed by atoms with E-state index in [1.165, 1.54) is 0 Å². The van der Waals surface area contributed by atoms with Gasteiger partial charge in [0.1, 0.15) is 50.3 Å². The molecule has 0 aliphatic carbocycles. The van der Waals surface area contributed by atoms with Gasteiger partial charge >= 0.3 is 5.97 Å². The van der Waals surface area contributed by atoms with Crippen molar-refractivity contribution in [3.63, 3.8) is 0 Å². The minimum absolute atomic E-state index is 0.0250. The Bertz CT molecular complexity index is 865. The molecule has 1 aromatic rings. The molecule has 3 unspecified atom stereocenters. The van der Waals surface area contributed by atoms with Crippen LogP contribution in [0.3, 0.4) is 0 Å². The Balaban J connectivity index is 0.000000322. The number of hydroxylamine groups is 6. The van der Waals surface area contributed by atoms with Crippen LogP contribution in [0.5, 0.6) is 0 Å². The number of β-amino-alcohol motifs (C(OH)–C–C–N with tert-alkyl or cyclic N) is 1. The second-order valence-electron chi connectivity index (χ2n) is 11.9. The van der Waals surface area contributed by atoms with Crippen molar-refractivity contribution in [1.29, 1.82) is 0 Å². The predicted octanol–water partition coefficient (Wildman–Crippen LogP) is -1.53. The van der Waals surface area contributed by atoms with Crippen LogP contribution in [0.15, 0.2) is 18.7 Å². The Morgan fingerprint density at radius 3 is 1.95 bits per heavy atom. The van der Waals surface area contributed by atoms with E-state index in [2.05, 4.69) is 4.90 Å². The number of hydrogen-bond acceptors (Lipinski definition) is 7. The molecule has 2 aliphatic rings. The Morgan fingerprint density at radius 1 is 0.897 bits per heavy atom. The molecule has 13 nitrogen and oxygen atoms in total. The van der Waals surface area contributed by atoms with Gasteiger partial charge in [-0.3, -0.25) is 4.90 Å². The van der Waals surface area contributed by atoms with Gasteiger partial charge in [-0.2, -0.15) is 9.29 Å². The maximum atomic E-state index is 11.3. The molecule has 0 aromatic carbocycles. The summed E-state index contributed by atoms with van der Waals surface area (Å²) in [6.45, 7) is 10.8. The Kier molecular flexibility index (Phi) is 12.7. The fourth-order valence-electron chi connectivity index (χ4n) is 5.32. The van der Waals surface area contributed by atoms with Gasteiger partial charge in [0, 0.05) is 19.6 Å². The summed E-state index contributed by atoms with van der Waals surface area (Å²) < 4.78 is 4.18. The number of quaternary nitrogens is 3. The minimum Gasteiger partial charge on any atom is -0.477 e. The first-order valence-corrected chi connectivity index (χ1v) is 14.2. The number of carboxylic acids is 1. The van der Waals surface area contributed by atoms with E-state index in [1.807, 2.05) is 48.8 Å². The first kappa shape index (κ1) is 33.5. The van der Waals surface area contributed by atoms with Crippen LogP contribution in [-0.2, 0) is 18.4 Å². The number of piperazine rings is 2. The lowest BCUT2D eigenvalue weighted by molar-refractivity contribution is -1.18. The summed E-state index contributed by atoms with van der Waals surface area (Å²) in [5.74, 6) is -0.822. The van der Waals surface area contributed by atoms with Crippen molar-refractivity contribution >= 4 is 5.97 Å². The summed E-state index contributed by atoms with van der Waals surface area (Å²) >= 11 is 0. The van der Waals surface area contributed by atoms with Crippen molar-refractivity contribution < 1.29 is 54.0 Å². The lowest BCUT2D eigenvalue weighted by Gasteiger charge is -2.45. The zero-order valence-corrected chi connectivity index (χ0v) is 24.3. The van der Waals surface area contributed by atoms with Crippen LogP contribution in [-0.4, -0.2) is 164 Å². The van der Waals surface area contributed by atoms with Crippen LogP contribution in [0, 0.1) is 0 Å². The monoisotopic (exact) mass is 562 g/mol. The molecule has 3 rings (SSSR count). The SMILES string of the molecule is CCC(O)C[N+]1(CC(=O)O)CCN(CC(O)Cn2cc[n+](C)c2)CC1.CCC(O)C[N+]1(O)CC[N+](C)(O)CC1. The lowest BCUT2D eigenvalue weighted by atomic mass is 10.1. The number of aryl methyl sites for hydroxylation is 1. The molecule has 6 N–H and O–H groups in total. The molecule has 13 heteroatoms. The van der Waals surface area contributed by atoms with Gasteiger partial charge in [-0.1, -0.05) is 13.8 Å². The van der Waals surface area contributed by atoms with E-state index in [9.17, 15) is 35.6 Å². The largest absolute Gasteiger partial charge is 0.477 e. The van der Waals surface area contributed by atoms with Gasteiger partial charge in [-0.05, 0) is 12.8 Å². The molecule has 0 spiro atoms. The van der Waals surface area contributed by atoms with E-state index in [0.29, 0.717) is 82.8 Å². The van der Waals surface area contributed by atoms with Crippen molar-refractivity contribution in [3.05, 3.63) is 18.7 Å². The first-order chi connectivity index (χ1) is 18.2. The third-order valence-electron chi connectivity index (χ3n) is 8.05. The number of aliphatic carboxylic acids is 1. The number of aliphatic hydroxyl groups is 3. The normalized spacial score (nSPS) is 27.7. The molecule has 0 amide bonds. The number of aliphatic hydroxyl groups excluding tert-OH is 3. The van der Waals surface area contributed by atoms with E-state index in [-0.39, 0.29) is 15.8 Å². The number of hydrogen-bond donors (Lipinski definition) is 6. The Morgan fingerprint density at radius 2 is 1.46 bits per heavy atom. The van der Waals surface area contributed by atoms with Crippen LogP contribution in [0.4, 0.5) is 0 Å². The molecule has 3 heterocycles. The van der Waals surface area contributed by atoms with E-state index in [4.69, 9.17) is 0 Å². The zero-order valence-electron chi connectivity index (χ0n) is 24.3. The number of likely N-dealkylation sites (N-methyl/N-ethyl adjacent to an activating group) is 1. The second kappa shape index (κ2) is 14.8. The Hall–Kier alpha value is -1.68. The lowest BCUT2D eigenvalue weighted by Crippen LogP contribution is -2.64. The van der Waals surface area contributed by atoms with Crippen LogP contribution >= 0.6 is 0 Å². The van der Waals surface area contributed by atoms with Gasteiger partial charge in [0.15, 0.2) is 32.7 Å². The number of imidazole rings is 1. The van der Waals surface area contributed by atoms with Gasteiger partial charge < -0.3 is 24.9 Å². The Labute approximate surface area is 232 Å². The van der Waals surface area contributed by atoms with Crippen LogP contribution < -0.4 is 4.57 Å². The first-order valence-electron chi connectivity index (χ1n) is 14.2. The van der Waals surface area contributed by atoms with Crippen molar-refractivity contribution in [3.8, 4) is 0 Å². The molecule has 39 heavy (non-hydrogen) atoms. The van der Waals surface area contributed by atoms with Crippen molar-refractivity contribution in [2.75, 3.05) is 85.6 Å². The molecule has 2 aliphatic heterocycles. The number of nitrogens with zero attached hydrogens (tertiary/aromatic N) is 6. The summed E-state index contributed by atoms with van der Waals surface area (Å²) in [6.07, 6.45) is 5.71. The molecule has 0 radical (unpaired) electrons. The van der Waals surface area contributed by atoms with Gasteiger partial charge in [0.05, 0.1) is 27.2 Å². The van der Waals surface area contributed by atoms with Crippen LogP contribution in [0.25, 0.3) is 0 Å². The molecule has 0 saturated carbocycles. The molecule has 1 aromatic heterocycles. The fourth-order valence-corrected chi connectivity index (χ4v) is 5.32. The highest BCUT2D eigenvalue weighted by Gasteiger charge is 2.40. The average molecular weight is 563 g/mol. The van der Waals surface area contributed by atoms with E-state index in [1.54, 1.807) is 7.05 Å². The third kappa shape index (κ3) is 11.8. The number of carbonyl (C=O) groups is 1. The molecular weight excluding hydrogens is 508 g/mol.